The summed E-state index contributed by atoms with van der Waals surface area (Å²) in [7, 11) is 0. The molecule has 4 atom stereocenters. The summed E-state index contributed by atoms with van der Waals surface area (Å²) in [6.07, 6.45) is 2.09. The Morgan fingerprint density at radius 3 is 2.86 bits per heavy atom. The maximum absolute atomic E-state index is 12.2. The van der Waals surface area contributed by atoms with E-state index in [4.69, 9.17) is 4.74 Å². The number of carbonyl (C=O) groups excluding carboxylic acids is 1. The van der Waals surface area contributed by atoms with Crippen molar-refractivity contribution in [2.75, 3.05) is 13.2 Å². The number of halogens is 1. The molecule has 2 fully saturated rings. The minimum atomic E-state index is -0.207. The molecule has 0 aromatic heterocycles. The second kappa shape index (κ2) is 7.25. The highest BCUT2D eigenvalue weighted by Crippen LogP contribution is 2.33. The van der Waals surface area contributed by atoms with E-state index in [2.05, 4.69) is 34.9 Å². The fourth-order valence-electron chi connectivity index (χ4n) is 2.87. The molecule has 5 heteroatoms. The minimum Gasteiger partial charge on any atom is -0.375 e. The first-order valence-electron chi connectivity index (χ1n) is 7.43. The van der Waals surface area contributed by atoms with Gasteiger partial charge in [0.25, 0.3) is 0 Å². The average Bonchev–Trinajstić information content (AvgIpc) is 3.18. The second-order valence-corrected chi connectivity index (χ2v) is 5.81. The van der Waals surface area contributed by atoms with Crippen LogP contribution in [-0.4, -0.2) is 37.2 Å². The summed E-state index contributed by atoms with van der Waals surface area (Å²) in [6, 6.07) is 10.6. The van der Waals surface area contributed by atoms with Crippen molar-refractivity contribution in [2.24, 2.45) is 5.92 Å². The molecule has 3 rings (SSSR count). The Hall–Kier alpha value is -1.10. The van der Waals surface area contributed by atoms with Crippen molar-refractivity contribution in [3.05, 3.63) is 35.9 Å². The maximum Gasteiger partial charge on any atom is 0.240 e. The van der Waals surface area contributed by atoms with Crippen LogP contribution < -0.4 is 10.6 Å². The van der Waals surface area contributed by atoms with Crippen LogP contribution in [0.15, 0.2) is 30.3 Å². The summed E-state index contributed by atoms with van der Waals surface area (Å²) < 4.78 is 5.51. The summed E-state index contributed by atoms with van der Waals surface area (Å²) in [5.41, 5.74) is 1.35. The van der Waals surface area contributed by atoms with Gasteiger partial charge in [-0.3, -0.25) is 4.79 Å². The van der Waals surface area contributed by atoms with Gasteiger partial charge in [0, 0.05) is 12.6 Å². The standard InChI is InChI=1S/C16H22N2O2.ClH/c1-11-15(17-7-8-20-11)16(19)18-14-10-13(14)9-12-5-3-2-4-6-12;/h2-6,11,13-15,17H,7-10H2,1H3,(H,18,19);1H/t11-,13?,14?,15+;/m1./s1. The minimum absolute atomic E-state index is 0. The van der Waals surface area contributed by atoms with Crippen LogP contribution in [0.1, 0.15) is 18.9 Å². The summed E-state index contributed by atoms with van der Waals surface area (Å²) >= 11 is 0. The van der Waals surface area contributed by atoms with Gasteiger partial charge in [0.15, 0.2) is 0 Å². The molecular weight excluding hydrogens is 288 g/mol. The lowest BCUT2D eigenvalue weighted by Gasteiger charge is -2.29. The predicted molar refractivity (Wildman–Crippen MR) is 84.6 cm³/mol. The quantitative estimate of drug-likeness (QED) is 0.887. The van der Waals surface area contributed by atoms with Gasteiger partial charge in [-0.15, -0.1) is 12.4 Å². The number of benzene rings is 1. The third kappa shape index (κ3) is 4.19. The zero-order valence-electron chi connectivity index (χ0n) is 12.2. The van der Waals surface area contributed by atoms with Crippen LogP contribution in [0.25, 0.3) is 0 Å². The van der Waals surface area contributed by atoms with Crippen molar-refractivity contribution in [3.63, 3.8) is 0 Å². The fourth-order valence-corrected chi connectivity index (χ4v) is 2.87. The monoisotopic (exact) mass is 310 g/mol. The van der Waals surface area contributed by atoms with Crippen LogP contribution in [0.4, 0.5) is 0 Å². The lowest BCUT2D eigenvalue weighted by atomic mass is 10.1. The first kappa shape index (κ1) is 16.3. The summed E-state index contributed by atoms with van der Waals surface area (Å²) in [6.45, 7) is 3.39. The van der Waals surface area contributed by atoms with Gasteiger partial charge in [-0.2, -0.15) is 0 Å². The van der Waals surface area contributed by atoms with Gasteiger partial charge in [0.05, 0.1) is 12.7 Å². The van der Waals surface area contributed by atoms with E-state index in [9.17, 15) is 4.79 Å². The van der Waals surface area contributed by atoms with E-state index in [1.165, 1.54) is 5.56 Å². The Kier molecular flexibility index (Phi) is 5.62. The molecule has 1 aromatic carbocycles. The molecule has 4 nitrogen and oxygen atoms in total. The summed E-state index contributed by atoms with van der Waals surface area (Å²) in [4.78, 5) is 12.2. The lowest BCUT2D eigenvalue weighted by molar-refractivity contribution is -0.129. The molecule has 2 aliphatic rings. The van der Waals surface area contributed by atoms with Crippen LogP contribution in [0.3, 0.4) is 0 Å². The van der Waals surface area contributed by atoms with Crippen LogP contribution in [0.5, 0.6) is 0 Å². The number of nitrogens with one attached hydrogen (secondary N) is 2. The molecule has 0 radical (unpaired) electrons. The van der Waals surface area contributed by atoms with E-state index in [0.29, 0.717) is 18.6 Å². The molecule has 1 aliphatic carbocycles. The molecule has 2 unspecified atom stereocenters. The summed E-state index contributed by atoms with van der Waals surface area (Å²) in [5, 5.41) is 6.37. The van der Waals surface area contributed by atoms with Crippen molar-refractivity contribution in [3.8, 4) is 0 Å². The molecule has 1 saturated heterocycles. The molecule has 1 saturated carbocycles. The highest BCUT2D eigenvalue weighted by Gasteiger charge is 2.40. The number of morpholine rings is 1. The number of hydrogen-bond donors (Lipinski definition) is 2. The van der Waals surface area contributed by atoms with Crippen molar-refractivity contribution in [1.29, 1.82) is 0 Å². The van der Waals surface area contributed by atoms with Crippen molar-refractivity contribution >= 4 is 18.3 Å². The normalized spacial score (nSPS) is 31.1. The Bertz CT molecular complexity index is 469. The van der Waals surface area contributed by atoms with E-state index >= 15 is 0 Å². The molecule has 2 N–H and O–H groups in total. The molecule has 1 aliphatic heterocycles. The Labute approximate surface area is 132 Å². The number of ether oxygens (including phenoxy) is 1. The van der Waals surface area contributed by atoms with Crippen LogP contribution in [0, 0.1) is 5.92 Å². The van der Waals surface area contributed by atoms with Gasteiger partial charge in [0.2, 0.25) is 5.91 Å². The van der Waals surface area contributed by atoms with E-state index in [0.717, 1.165) is 19.4 Å². The Morgan fingerprint density at radius 1 is 1.38 bits per heavy atom. The highest BCUT2D eigenvalue weighted by molar-refractivity contribution is 5.85. The molecule has 0 bridgehead atoms. The molecule has 21 heavy (non-hydrogen) atoms. The van der Waals surface area contributed by atoms with Gasteiger partial charge in [-0.05, 0) is 31.2 Å². The van der Waals surface area contributed by atoms with Crippen LogP contribution in [-0.2, 0) is 16.0 Å². The zero-order valence-corrected chi connectivity index (χ0v) is 13.1. The largest absolute Gasteiger partial charge is 0.375 e. The van der Waals surface area contributed by atoms with E-state index < -0.39 is 0 Å². The van der Waals surface area contributed by atoms with Crippen LogP contribution >= 0.6 is 12.4 Å². The number of rotatable bonds is 4. The average molecular weight is 311 g/mol. The molecule has 116 valence electrons. The van der Waals surface area contributed by atoms with Crippen molar-refractivity contribution in [1.82, 2.24) is 10.6 Å². The molecule has 1 aromatic rings. The summed E-state index contributed by atoms with van der Waals surface area (Å²) in [5.74, 6) is 0.666. The highest BCUT2D eigenvalue weighted by atomic mass is 35.5. The van der Waals surface area contributed by atoms with Crippen LogP contribution in [0.2, 0.25) is 0 Å². The second-order valence-electron chi connectivity index (χ2n) is 5.81. The van der Waals surface area contributed by atoms with E-state index in [-0.39, 0.29) is 30.5 Å². The molecule has 1 heterocycles. The maximum atomic E-state index is 12.2. The van der Waals surface area contributed by atoms with Gasteiger partial charge >= 0.3 is 0 Å². The predicted octanol–water partition coefficient (Wildman–Crippen LogP) is 1.53. The molecular formula is C16H23ClN2O2. The first-order chi connectivity index (χ1) is 9.74. The van der Waals surface area contributed by atoms with Gasteiger partial charge < -0.3 is 15.4 Å². The third-order valence-electron chi connectivity index (χ3n) is 4.19. The smallest absolute Gasteiger partial charge is 0.240 e. The topological polar surface area (TPSA) is 50.4 Å². The Morgan fingerprint density at radius 2 is 2.14 bits per heavy atom. The first-order valence-corrected chi connectivity index (χ1v) is 7.43. The zero-order chi connectivity index (χ0) is 13.9. The number of amides is 1. The third-order valence-corrected chi connectivity index (χ3v) is 4.19. The van der Waals surface area contributed by atoms with Crippen molar-refractivity contribution in [2.45, 2.75) is 38.0 Å². The Balaban J connectivity index is 0.00000161. The van der Waals surface area contributed by atoms with Gasteiger partial charge in [-0.1, -0.05) is 30.3 Å². The van der Waals surface area contributed by atoms with E-state index in [1.54, 1.807) is 0 Å². The fraction of sp³-hybridized carbons (Fsp3) is 0.562. The SMILES string of the molecule is C[C@H]1OCCN[C@@H]1C(=O)NC1CC1Cc1ccccc1.Cl. The van der Waals surface area contributed by atoms with Gasteiger partial charge in [0.1, 0.15) is 6.04 Å². The number of hydrogen-bond acceptors (Lipinski definition) is 3. The molecule has 0 spiro atoms. The van der Waals surface area contributed by atoms with Crippen molar-refractivity contribution < 1.29 is 9.53 Å². The van der Waals surface area contributed by atoms with Gasteiger partial charge in [-0.25, -0.2) is 0 Å². The van der Waals surface area contributed by atoms with E-state index in [1.807, 2.05) is 13.0 Å². The molecule has 1 amide bonds. The lowest BCUT2D eigenvalue weighted by Crippen LogP contribution is -2.56. The number of carbonyl (C=O) groups is 1.